The summed E-state index contributed by atoms with van der Waals surface area (Å²) in [6.45, 7) is 13.1. The normalized spacial score (nSPS) is 11.0. The zero-order valence-corrected chi connectivity index (χ0v) is 16.0. The van der Waals surface area contributed by atoms with Crippen molar-refractivity contribution >= 4 is 17.0 Å². The van der Waals surface area contributed by atoms with Crippen LogP contribution in [0.25, 0.3) is 11.2 Å². The largest absolute Gasteiger partial charge is 0.383 e. The number of hydrogen-bond donors (Lipinski definition) is 1. The molecule has 3 aromatic heterocycles. The Bertz CT molecular complexity index is 835. The van der Waals surface area contributed by atoms with Crippen LogP contribution in [0.15, 0.2) is 24.7 Å². The van der Waals surface area contributed by atoms with Gasteiger partial charge in [-0.3, -0.25) is 0 Å². The first-order chi connectivity index (χ1) is 12.0. The maximum atomic E-state index is 5.96. The summed E-state index contributed by atoms with van der Waals surface area (Å²) in [5, 5.41) is 0. The lowest BCUT2D eigenvalue weighted by Crippen LogP contribution is -2.08. The van der Waals surface area contributed by atoms with Gasteiger partial charge in [-0.05, 0) is 12.0 Å². The second kappa shape index (κ2) is 8.05. The Labute approximate surface area is 149 Å². The fraction of sp³-hybridized carbons (Fsp3) is 0.474. The van der Waals surface area contributed by atoms with E-state index >= 15 is 0 Å². The molecule has 0 radical (unpaired) electrons. The highest BCUT2D eigenvalue weighted by molar-refractivity contribution is 5.74. The Morgan fingerprint density at radius 3 is 2.36 bits per heavy atom. The minimum absolute atomic E-state index is 0.267. The molecule has 0 aliphatic rings. The second-order valence-corrected chi connectivity index (χ2v) is 6.37. The molecule has 0 fully saturated rings. The van der Waals surface area contributed by atoms with E-state index in [-0.39, 0.29) is 5.92 Å². The number of nitrogen functional groups attached to an aromatic ring is 1. The summed E-state index contributed by atoms with van der Waals surface area (Å²) in [4.78, 5) is 18.1. The molecule has 0 aromatic carbocycles. The summed E-state index contributed by atoms with van der Waals surface area (Å²) in [5.74, 6) is 1.95. The molecule has 0 aliphatic carbocycles. The van der Waals surface area contributed by atoms with E-state index in [0.29, 0.717) is 18.3 Å². The molecule has 0 saturated carbocycles. The van der Waals surface area contributed by atoms with Gasteiger partial charge in [0, 0.05) is 17.7 Å². The number of nitrogens with two attached hydrogens (primary N) is 1. The van der Waals surface area contributed by atoms with Gasteiger partial charge in [-0.1, -0.05) is 47.6 Å². The fourth-order valence-corrected chi connectivity index (χ4v) is 2.53. The molecule has 6 nitrogen and oxygen atoms in total. The van der Waals surface area contributed by atoms with Crippen molar-refractivity contribution < 1.29 is 0 Å². The molecular weight excluding hydrogens is 312 g/mol. The Morgan fingerprint density at radius 1 is 1.04 bits per heavy atom. The predicted octanol–water partition coefficient (Wildman–Crippen LogP) is 4.12. The summed E-state index contributed by atoms with van der Waals surface area (Å²) in [6.07, 6.45) is 3.50. The van der Waals surface area contributed by atoms with Crippen LogP contribution < -0.4 is 5.73 Å². The molecule has 25 heavy (non-hydrogen) atoms. The van der Waals surface area contributed by atoms with Gasteiger partial charge in [-0.2, -0.15) is 0 Å². The lowest BCUT2D eigenvalue weighted by molar-refractivity contribution is 0.731. The quantitative estimate of drug-likeness (QED) is 0.772. The van der Waals surface area contributed by atoms with Crippen LogP contribution in [0.1, 0.15) is 70.5 Å². The lowest BCUT2D eigenvalue weighted by atomic mass is 10.1. The van der Waals surface area contributed by atoms with Crippen LogP contribution in [0.3, 0.4) is 0 Å². The summed E-state index contributed by atoms with van der Waals surface area (Å²) >= 11 is 0. The van der Waals surface area contributed by atoms with Gasteiger partial charge in [0.15, 0.2) is 5.65 Å². The number of rotatable bonds is 4. The number of nitrogens with zero attached hydrogens (tertiary/aromatic N) is 5. The topological polar surface area (TPSA) is 82.5 Å². The summed E-state index contributed by atoms with van der Waals surface area (Å²) < 4.78 is 2.02. The minimum atomic E-state index is 0.267. The Morgan fingerprint density at radius 2 is 1.76 bits per heavy atom. The van der Waals surface area contributed by atoms with E-state index in [4.69, 9.17) is 15.7 Å². The summed E-state index contributed by atoms with van der Waals surface area (Å²) in [7, 11) is 0. The van der Waals surface area contributed by atoms with Gasteiger partial charge in [0.1, 0.15) is 17.2 Å². The molecule has 0 atom stereocenters. The molecule has 0 aliphatic heterocycles. The summed E-state index contributed by atoms with van der Waals surface area (Å²) in [6, 6.07) is 3.86. The zero-order valence-electron chi connectivity index (χ0n) is 16.0. The maximum absolute atomic E-state index is 5.96. The summed E-state index contributed by atoms with van der Waals surface area (Å²) in [5.41, 5.74) is 9.64. The van der Waals surface area contributed by atoms with E-state index in [1.54, 1.807) is 6.20 Å². The van der Waals surface area contributed by atoms with Crippen LogP contribution in [-0.4, -0.2) is 24.5 Å². The van der Waals surface area contributed by atoms with Crippen molar-refractivity contribution in [1.29, 1.82) is 0 Å². The number of fused-ring (bicyclic) bond motifs is 1. The average molecular weight is 340 g/mol. The third kappa shape index (κ3) is 3.95. The van der Waals surface area contributed by atoms with Crippen LogP contribution in [0, 0.1) is 0 Å². The van der Waals surface area contributed by atoms with E-state index in [2.05, 4.69) is 37.7 Å². The van der Waals surface area contributed by atoms with E-state index in [0.717, 1.165) is 28.2 Å². The van der Waals surface area contributed by atoms with E-state index in [9.17, 15) is 0 Å². The van der Waals surface area contributed by atoms with Crippen molar-refractivity contribution in [3.8, 4) is 0 Å². The first-order valence-corrected chi connectivity index (χ1v) is 8.89. The standard InChI is InChI=1S/C17H22N6.C2H6/c1-10(2)13-14-17(22-16(21-13)11(3)4)23(9-20-14)8-12-6-5-7-19-15(12)18;1-2/h5-7,9-11H,8H2,1-4H3,(H2,18,19);1-2H3. The molecule has 2 N–H and O–H groups in total. The van der Waals surface area contributed by atoms with Crippen LogP contribution in [0.2, 0.25) is 0 Å². The minimum Gasteiger partial charge on any atom is -0.383 e. The van der Waals surface area contributed by atoms with Crippen LogP contribution >= 0.6 is 0 Å². The highest BCUT2D eigenvalue weighted by atomic mass is 15.1. The van der Waals surface area contributed by atoms with Crippen molar-refractivity contribution in [3.63, 3.8) is 0 Å². The van der Waals surface area contributed by atoms with E-state index in [1.807, 2.05) is 36.9 Å². The molecule has 3 heterocycles. The third-order valence-electron chi connectivity index (χ3n) is 3.84. The van der Waals surface area contributed by atoms with Crippen molar-refractivity contribution in [2.75, 3.05) is 5.73 Å². The maximum Gasteiger partial charge on any atom is 0.164 e. The molecule has 6 heteroatoms. The molecule has 134 valence electrons. The fourth-order valence-electron chi connectivity index (χ4n) is 2.53. The number of hydrogen-bond acceptors (Lipinski definition) is 5. The van der Waals surface area contributed by atoms with Crippen LogP contribution in [-0.2, 0) is 6.54 Å². The van der Waals surface area contributed by atoms with Gasteiger partial charge in [0.2, 0.25) is 0 Å². The average Bonchev–Trinajstić information content (AvgIpc) is 3.00. The van der Waals surface area contributed by atoms with E-state index < -0.39 is 0 Å². The number of imidazole rings is 1. The Kier molecular flexibility index (Phi) is 6.07. The number of aromatic nitrogens is 5. The van der Waals surface area contributed by atoms with Crippen LogP contribution in [0.4, 0.5) is 5.82 Å². The molecule has 0 spiro atoms. The van der Waals surface area contributed by atoms with Gasteiger partial charge < -0.3 is 10.3 Å². The van der Waals surface area contributed by atoms with Gasteiger partial charge in [-0.15, -0.1) is 0 Å². The molecule has 0 unspecified atom stereocenters. The van der Waals surface area contributed by atoms with Gasteiger partial charge in [0.05, 0.1) is 18.6 Å². The van der Waals surface area contributed by atoms with Crippen molar-refractivity contribution in [2.45, 2.75) is 59.9 Å². The predicted molar refractivity (Wildman–Crippen MR) is 103 cm³/mol. The SMILES string of the molecule is CC.CC(C)c1nc(C(C)C)c2ncn(Cc3cccnc3N)c2n1. The molecule has 0 saturated heterocycles. The molecular formula is C19H28N6. The highest BCUT2D eigenvalue weighted by Gasteiger charge is 2.17. The highest BCUT2D eigenvalue weighted by Crippen LogP contribution is 2.24. The smallest absolute Gasteiger partial charge is 0.164 e. The van der Waals surface area contributed by atoms with Gasteiger partial charge >= 0.3 is 0 Å². The number of pyridine rings is 1. The van der Waals surface area contributed by atoms with Crippen molar-refractivity contribution in [1.82, 2.24) is 24.5 Å². The zero-order chi connectivity index (χ0) is 18.6. The molecule has 3 rings (SSSR count). The van der Waals surface area contributed by atoms with Crippen molar-refractivity contribution in [2.24, 2.45) is 0 Å². The molecule has 3 aromatic rings. The van der Waals surface area contributed by atoms with E-state index in [1.165, 1.54) is 0 Å². The monoisotopic (exact) mass is 340 g/mol. The Balaban J connectivity index is 0.00000109. The molecule has 0 bridgehead atoms. The van der Waals surface area contributed by atoms with Crippen LogP contribution in [0.5, 0.6) is 0 Å². The third-order valence-corrected chi connectivity index (χ3v) is 3.84. The first kappa shape index (κ1) is 18.8. The first-order valence-electron chi connectivity index (χ1n) is 8.89. The van der Waals surface area contributed by atoms with Crippen molar-refractivity contribution in [3.05, 3.63) is 41.7 Å². The second-order valence-electron chi connectivity index (χ2n) is 6.37. The number of anilines is 1. The lowest BCUT2D eigenvalue weighted by Gasteiger charge is -2.12. The molecule has 0 amide bonds. The Hall–Kier alpha value is -2.50. The van der Waals surface area contributed by atoms with Gasteiger partial charge in [0.25, 0.3) is 0 Å². The van der Waals surface area contributed by atoms with Gasteiger partial charge in [-0.25, -0.2) is 19.9 Å².